The molecule has 1 saturated heterocycles. The second-order valence-electron chi connectivity index (χ2n) is 8.93. The van der Waals surface area contributed by atoms with Crippen molar-refractivity contribution in [2.45, 2.75) is 72.3 Å². The van der Waals surface area contributed by atoms with E-state index in [0.717, 1.165) is 50.6 Å². The minimum Gasteiger partial charge on any atom is -0.425 e. The fourth-order valence-corrected chi connectivity index (χ4v) is 5.00. The molecule has 1 N–H and O–H groups in total. The maximum Gasteiger partial charge on any atom is 0.217 e. The standard InChI is InChI=1S/C22H37N3O2/c1-5-7-21-23-24-22(27-21)12-17-11-20(15(2)3)18(10-16(17)4)13-25-9-6-8-19(25)14-26/h10,15,17-20,26H,5-9,11-14H2,1-4H3/t17-,18+,19+,20+/m1/s1. The van der Waals surface area contributed by atoms with Crippen molar-refractivity contribution in [1.82, 2.24) is 15.1 Å². The molecule has 5 nitrogen and oxygen atoms in total. The SMILES string of the molecule is CCCc1nnc(C[C@H]2C[C@@H](C(C)C)[C@H](CN3CCC[C@H]3CO)C=C2C)o1. The van der Waals surface area contributed by atoms with Gasteiger partial charge in [0, 0.05) is 25.4 Å². The molecule has 4 atom stereocenters. The molecule has 152 valence electrons. The van der Waals surface area contributed by atoms with Crippen LogP contribution in [0.4, 0.5) is 0 Å². The number of allylic oxidation sites excluding steroid dienone is 1. The maximum absolute atomic E-state index is 9.66. The normalized spacial score (nSPS) is 29.5. The van der Waals surface area contributed by atoms with Crippen molar-refractivity contribution in [1.29, 1.82) is 0 Å². The van der Waals surface area contributed by atoms with Crippen LogP contribution in [0.15, 0.2) is 16.1 Å². The van der Waals surface area contributed by atoms with Crippen LogP contribution in [0.25, 0.3) is 0 Å². The smallest absolute Gasteiger partial charge is 0.217 e. The molecule has 0 amide bonds. The van der Waals surface area contributed by atoms with Gasteiger partial charge in [0.1, 0.15) is 0 Å². The Morgan fingerprint density at radius 1 is 1.30 bits per heavy atom. The van der Waals surface area contributed by atoms with E-state index in [1.54, 1.807) is 0 Å². The van der Waals surface area contributed by atoms with Crippen LogP contribution in [-0.4, -0.2) is 45.9 Å². The largest absolute Gasteiger partial charge is 0.425 e. The first-order valence-electron chi connectivity index (χ1n) is 10.9. The molecule has 1 aromatic heterocycles. The summed E-state index contributed by atoms with van der Waals surface area (Å²) in [6.07, 6.45) is 8.81. The van der Waals surface area contributed by atoms with E-state index in [0.29, 0.717) is 36.3 Å². The Morgan fingerprint density at radius 3 is 2.78 bits per heavy atom. The first-order valence-corrected chi connectivity index (χ1v) is 10.9. The molecule has 0 spiro atoms. The van der Waals surface area contributed by atoms with E-state index in [1.807, 2.05) is 0 Å². The molecule has 5 heteroatoms. The zero-order chi connectivity index (χ0) is 19.4. The molecule has 0 unspecified atom stereocenters. The van der Waals surface area contributed by atoms with Gasteiger partial charge in [-0.05, 0) is 62.8 Å². The summed E-state index contributed by atoms with van der Waals surface area (Å²) in [5.41, 5.74) is 1.46. The fourth-order valence-electron chi connectivity index (χ4n) is 5.00. The van der Waals surface area contributed by atoms with Gasteiger partial charge in [-0.25, -0.2) is 0 Å². The Bertz CT molecular complexity index is 625. The van der Waals surface area contributed by atoms with Crippen LogP contribution in [0.5, 0.6) is 0 Å². The lowest BCUT2D eigenvalue weighted by atomic mass is 9.69. The lowest BCUT2D eigenvalue weighted by Gasteiger charge is -2.39. The Labute approximate surface area is 164 Å². The number of likely N-dealkylation sites (tertiary alicyclic amines) is 1. The van der Waals surface area contributed by atoms with Crippen molar-refractivity contribution < 1.29 is 9.52 Å². The highest BCUT2D eigenvalue weighted by Crippen LogP contribution is 2.40. The Balaban J connectivity index is 1.69. The number of aliphatic hydroxyl groups excluding tert-OH is 1. The van der Waals surface area contributed by atoms with E-state index >= 15 is 0 Å². The molecule has 0 saturated carbocycles. The summed E-state index contributed by atoms with van der Waals surface area (Å²) in [5, 5.41) is 18.1. The van der Waals surface area contributed by atoms with Crippen LogP contribution in [0.2, 0.25) is 0 Å². The summed E-state index contributed by atoms with van der Waals surface area (Å²) in [5.74, 6) is 3.94. The van der Waals surface area contributed by atoms with Crippen LogP contribution < -0.4 is 0 Å². The van der Waals surface area contributed by atoms with Crippen molar-refractivity contribution in [2.24, 2.45) is 23.7 Å². The van der Waals surface area contributed by atoms with Crippen molar-refractivity contribution in [3.8, 4) is 0 Å². The topological polar surface area (TPSA) is 62.4 Å². The maximum atomic E-state index is 9.66. The minimum absolute atomic E-state index is 0.293. The molecule has 0 bridgehead atoms. The number of rotatable bonds is 8. The van der Waals surface area contributed by atoms with Gasteiger partial charge >= 0.3 is 0 Å². The van der Waals surface area contributed by atoms with Crippen molar-refractivity contribution >= 4 is 0 Å². The third kappa shape index (κ3) is 5.00. The van der Waals surface area contributed by atoms with Gasteiger partial charge in [0.2, 0.25) is 11.8 Å². The molecule has 27 heavy (non-hydrogen) atoms. The monoisotopic (exact) mass is 375 g/mol. The van der Waals surface area contributed by atoms with E-state index in [1.165, 1.54) is 18.4 Å². The molecule has 1 aliphatic heterocycles. The zero-order valence-corrected chi connectivity index (χ0v) is 17.5. The van der Waals surface area contributed by atoms with Gasteiger partial charge < -0.3 is 9.52 Å². The Kier molecular flexibility index (Phi) is 7.10. The molecular formula is C22H37N3O2. The van der Waals surface area contributed by atoms with Gasteiger partial charge in [-0.2, -0.15) is 0 Å². The molecule has 3 rings (SSSR count). The van der Waals surface area contributed by atoms with Crippen LogP contribution in [0.1, 0.15) is 65.2 Å². The van der Waals surface area contributed by atoms with Gasteiger partial charge in [0.05, 0.1) is 6.61 Å². The predicted molar refractivity (Wildman–Crippen MR) is 107 cm³/mol. The number of hydrogen-bond donors (Lipinski definition) is 1. The first-order chi connectivity index (χ1) is 13.0. The van der Waals surface area contributed by atoms with E-state index in [-0.39, 0.29) is 0 Å². The van der Waals surface area contributed by atoms with Crippen molar-refractivity contribution in [3.05, 3.63) is 23.4 Å². The van der Waals surface area contributed by atoms with Crippen molar-refractivity contribution in [2.75, 3.05) is 19.7 Å². The highest BCUT2D eigenvalue weighted by molar-refractivity contribution is 5.14. The summed E-state index contributed by atoms with van der Waals surface area (Å²) in [4.78, 5) is 2.51. The van der Waals surface area contributed by atoms with E-state index in [9.17, 15) is 5.11 Å². The summed E-state index contributed by atoms with van der Waals surface area (Å²) in [6.45, 7) is 11.6. The van der Waals surface area contributed by atoms with Crippen LogP contribution in [-0.2, 0) is 12.8 Å². The van der Waals surface area contributed by atoms with E-state index < -0.39 is 0 Å². The molecule has 0 aromatic carbocycles. The molecule has 1 fully saturated rings. The molecule has 0 radical (unpaired) electrons. The zero-order valence-electron chi connectivity index (χ0n) is 17.5. The summed E-state index contributed by atoms with van der Waals surface area (Å²) >= 11 is 0. The molecule has 2 heterocycles. The lowest BCUT2D eigenvalue weighted by molar-refractivity contribution is 0.117. The van der Waals surface area contributed by atoms with Gasteiger partial charge in [-0.3, -0.25) is 4.90 Å². The first kappa shape index (κ1) is 20.5. The average Bonchev–Trinajstić information content (AvgIpc) is 3.26. The van der Waals surface area contributed by atoms with Crippen LogP contribution in [0.3, 0.4) is 0 Å². The number of hydrogen-bond acceptors (Lipinski definition) is 5. The molecule has 1 aliphatic carbocycles. The van der Waals surface area contributed by atoms with Crippen molar-refractivity contribution in [3.63, 3.8) is 0 Å². The predicted octanol–water partition coefficient (Wildman–Crippen LogP) is 3.88. The molecular weight excluding hydrogens is 338 g/mol. The molecule has 2 aliphatic rings. The lowest BCUT2D eigenvalue weighted by Crippen LogP contribution is -2.40. The summed E-state index contributed by atoms with van der Waals surface area (Å²) in [6, 6.07) is 0.361. The minimum atomic E-state index is 0.293. The second kappa shape index (κ2) is 9.33. The van der Waals surface area contributed by atoms with Gasteiger partial charge in [0.15, 0.2) is 0 Å². The number of aryl methyl sites for hydroxylation is 1. The van der Waals surface area contributed by atoms with E-state index in [4.69, 9.17) is 4.42 Å². The number of nitrogens with zero attached hydrogens (tertiary/aromatic N) is 3. The number of aliphatic hydroxyl groups is 1. The van der Waals surface area contributed by atoms with Crippen LogP contribution >= 0.6 is 0 Å². The van der Waals surface area contributed by atoms with Gasteiger partial charge in [-0.1, -0.05) is 32.4 Å². The Hall–Kier alpha value is -1.20. The summed E-state index contributed by atoms with van der Waals surface area (Å²) < 4.78 is 5.85. The summed E-state index contributed by atoms with van der Waals surface area (Å²) in [7, 11) is 0. The third-order valence-electron chi connectivity index (χ3n) is 6.63. The van der Waals surface area contributed by atoms with Gasteiger partial charge in [-0.15, -0.1) is 10.2 Å². The highest BCUT2D eigenvalue weighted by atomic mass is 16.4. The van der Waals surface area contributed by atoms with E-state index in [2.05, 4.69) is 48.9 Å². The highest BCUT2D eigenvalue weighted by Gasteiger charge is 2.35. The third-order valence-corrected chi connectivity index (χ3v) is 6.63. The van der Waals surface area contributed by atoms with Gasteiger partial charge in [0.25, 0.3) is 0 Å². The average molecular weight is 376 g/mol. The second-order valence-corrected chi connectivity index (χ2v) is 8.93. The Morgan fingerprint density at radius 2 is 2.07 bits per heavy atom. The number of aromatic nitrogens is 2. The van der Waals surface area contributed by atoms with Crippen LogP contribution in [0, 0.1) is 23.7 Å². The fraction of sp³-hybridized carbons (Fsp3) is 0.818. The molecule has 1 aromatic rings. The quantitative estimate of drug-likeness (QED) is 0.699.